The number of aromatic nitrogens is 2. The molecule has 1 aliphatic rings. The fourth-order valence-corrected chi connectivity index (χ4v) is 3.15. The third-order valence-electron chi connectivity index (χ3n) is 4.61. The van der Waals surface area contributed by atoms with Gasteiger partial charge in [0.25, 0.3) is 0 Å². The fraction of sp³-hybridized carbons (Fsp3) is 0.800. The molecule has 0 radical (unpaired) electrons. The summed E-state index contributed by atoms with van der Waals surface area (Å²) in [5, 5.41) is 8.15. The van der Waals surface area contributed by atoms with Crippen LogP contribution < -0.4 is 5.32 Å². The molecule has 1 saturated carbocycles. The van der Waals surface area contributed by atoms with E-state index in [1.807, 2.05) is 11.7 Å². The van der Waals surface area contributed by atoms with Crippen LogP contribution in [0.25, 0.3) is 0 Å². The highest BCUT2D eigenvalue weighted by molar-refractivity contribution is 5.10. The largest absolute Gasteiger partial charge is 0.311 e. The Bertz CT molecular complexity index is 375. The third kappa shape index (κ3) is 2.94. The van der Waals surface area contributed by atoms with Crippen LogP contribution in [0, 0.1) is 5.41 Å². The normalized spacial score (nSPS) is 18.4. The molecule has 0 spiro atoms. The maximum atomic E-state index is 4.49. The lowest BCUT2D eigenvalue weighted by molar-refractivity contribution is 0.267. The van der Waals surface area contributed by atoms with Crippen molar-refractivity contribution in [3.63, 3.8) is 0 Å². The van der Waals surface area contributed by atoms with Crippen LogP contribution in [-0.4, -0.2) is 16.3 Å². The van der Waals surface area contributed by atoms with Crippen molar-refractivity contribution in [3.8, 4) is 0 Å². The van der Waals surface area contributed by atoms with Crippen LogP contribution in [0.15, 0.2) is 6.07 Å². The predicted molar refractivity (Wildman–Crippen MR) is 75.5 cm³/mol. The molecular weight excluding hydrogens is 222 g/mol. The summed E-state index contributed by atoms with van der Waals surface area (Å²) in [5.41, 5.74) is 3.07. The summed E-state index contributed by atoms with van der Waals surface area (Å²) in [7, 11) is 2.04. The molecule has 0 amide bonds. The molecule has 1 aliphatic carbocycles. The van der Waals surface area contributed by atoms with Gasteiger partial charge in [-0.2, -0.15) is 5.10 Å². The monoisotopic (exact) mass is 249 g/mol. The second-order valence-electron chi connectivity index (χ2n) is 5.77. The van der Waals surface area contributed by atoms with E-state index in [4.69, 9.17) is 0 Å². The van der Waals surface area contributed by atoms with Crippen LogP contribution in [0.1, 0.15) is 57.3 Å². The molecule has 3 heteroatoms. The summed E-state index contributed by atoms with van der Waals surface area (Å²) < 4.78 is 2.01. The van der Waals surface area contributed by atoms with Crippen LogP contribution in [-0.2, 0) is 20.0 Å². The topological polar surface area (TPSA) is 29.9 Å². The maximum absolute atomic E-state index is 4.49. The molecule has 0 aromatic carbocycles. The van der Waals surface area contributed by atoms with Crippen LogP contribution in [0.5, 0.6) is 0 Å². The molecule has 1 fully saturated rings. The van der Waals surface area contributed by atoms with E-state index in [9.17, 15) is 0 Å². The van der Waals surface area contributed by atoms with E-state index >= 15 is 0 Å². The van der Waals surface area contributed by atoms with Crippen molar-refractivity contribution in [1.82, 2.24) is 15.1 Å². The molecule has 0 atom stereocenters. The molecule has 0 bridgehead atoms. The first-order valence-electron chi connectivity index (χ1n) is 7.41. The van der Waals surface area contributed by atoms with Gasteiger partial charge in [0, 0.05) is 20.1 Å². The van der Waals surface area contributed by atoms with Crippen LogP contribution in [0.2, 0.25) is 0 Å². The zero-order valence-corrected chi connectivity index (χ0v) is 12.1. The predicted octanol–water partition coefficient (Wildman–Crippen LogP) is 3.04. The van der Waals surface area contributed by atoms with Crippen LogP contribution >= 0.6 is 0 Å². The minimum atomic E-state index is 0.576. The molecule has 3 nitrogen and oxygen atoms in total. The second kappa shape index (κ2) is 5.87. The van der Waals surface area contributed by atoms with Gasteiger partial charge in [-0.1, -0.05) is 26.7 Å². The SMILES string of the molecule is CCc1cc(CNCC2(CC)CCCC2)n(C)n1. The van der Waals surface area contributed by atoms with Crippen molar-refractivity contribution < 1.29 is 0 Å². The zero-order valence-electron chi connectivity index (χ0n) is 12.1. The highest BCUT2D eigenvalue weighted by Crippen LogP contribution is 2.40. The summed E-state index contributed by atoms with van der Waals surface area (Å²) in [5.74, 6) is 0. The van der Waals surface area contributed by atoms with Gasteiger partial charge in [-0.25, -0.2) is 0 Å². The van der Waals surface area contributed by atoms with Gasteiger partial charge in [0.05, 0.1) is 11.4 Å². The zero-order chi connectivity index (χ0) is 13.0. The Morgan fingerprint density at radius 3 is 2.61 bits per heavy atom. The first kappa shape index (κ1) is 13.6. The quantitative estimate of drug-likeness (QED) is 0.840. The van der Waals surface area contributed by atoms with Crippen LogP contribution in [0.4, 0.5) is 0 Å². The molecule has 1 aromatic heterocycles. The number of hydrogen-bond acceptors (Lipinski definition) is 2. The lowest BCUT2D eigenvalue weighted by Crippen LogP contribution is -2.31. The molecule has 0 unspecified atom stereocenters. The van der Waals surface area contributed by atoms with Gasteiger partial charge in [-0.3, -0.25) is 4.68 Å². The van der Waals surface area contributed by atoms with Gasteiger partial charge >= 0.3 is 0 Å². The van der Waals surface area contributed by atoms with Crippen molar-refractivity contribution in [3.05, 3.63) is 17.5 Å². The lowest BCUT2D eigenvalue weighted by atomic mass is 9.83. The molecule has 1 N–H and O–H groups in total. The van der Waals surface area contributed by atoms with Gasteiger partial charge in [-0.15, -0.1) is 0 Å². The van der Waals surface area contributed by atoms with Crippen molar-refractivity contribution in [2.75, 3.05) is 6.54 Å². The Morgan fingerprint density at radius 1 is 1.33 bits per heavy atom. The molecule has 1 aromatic rings. The van der Waals surface area contributed by atoms with E-state index in [0.29, 0.717) is 5.41 Å². The molecule has 102 valence electrons. The van der Waals surface area contributed by atoms with E-state index in [1.165, 1.54) is 43.5 Å². The lowest BCUT2D eigenvalue weighted by Gasteiger charge is -2.27. The number of hydrogen-bond donors (Lipinski definition) is 1. The molecule has 18 heavy (non-hydrogen) atoms. The Kier molecular flexibility index (Phi) is 4.44. The molecule has 2 rings (SSSR count). The smallest absolute Gasteiger partial charge is 0.0625 e. The van der Waals surface area contributed by atoms with Gasteiger partial charge in [0.2, 0.25) is 0 Å². The van der Waals surface area contributed by atoms with Gasteiger partial charge in [0.15, 0.2) is 0 Å². The molecule has 0 saturated heterocycles. The van der Waals surface area contributed by atoms with Crippen molar-refractivity contribution >= 4 is 0 Å². The van der Waals surface area contributed by atoms with Gasteiger partial charge in [-0.05, 0) is 37.2 Å². The standard InChI is InChI=1S/C15H27N3/c1-4-13-10-14(18(3)17-13)11-16-12-15(5-2)8-6-7-9-15/h10,16H,4-9,11-12H2,1-3H3. The summed E-state index contributed by atoms with van der Waals surface area (Å²) >= 11 is 0. The Labute approximate surface area is 111 Å². The minimum absolute atomic E-state index is 0.576. The van der Waals surface area contributed by atoms with E-state index in [0.717, 1.165) is 19.5 Å². The Morgan fingerprint density at radius 2 is 2.06 bits per heavy atom. The summed E-state index contributed by atoms with van der Waals surface area (Å²) in [6.45, 7) is 6.61. The van der Waals surface area contributed by atoms with Crippen molar-refractivity contribution in [2.45, 2.75) is 58.9 Å². The van der Waals surface area contributed by atoms with Crippen molar-refractivity contribution in [2.24, 2.45) is 12.5 Å². The average molecular weight is 249 g/mol. The van der Waals surface area contributed by atoms with E-state index in [1.54, 1.807) is 0 Å². The number of aryl methyl sites for hydroxylation is 2. The van der Waals surface area contributed by atoms with E-state index < -0.39 is 0 Å². The Hall–Kier alpha value is -0.830. The third-order valence-corrected chi connectivity index (χ3v) is 4.61. The summed E-state index contributed by atoms with van der Waals surface area (Å²) in [6.07, 6.45) is 7.98. The van der Waals surface area contributed by atoms with E-state index in [2.05, 4.69) is 30.3 Å². The highest BCUT2D eigenvalue weighted by atomic mass is 15.3. The van der Waals surface area contributed by atoms with E-state index in [-0.39, 0.29) is 0 Å². The van der Waals surface area contributed by atoms with Crippen molar-refractivity contribution in [1.29, 1.82) is 0 Å². The minimum Gasteiger partial charge on any atom is -0.311 e. The van der Waals surface area contributed by atoms with Crippen LogP contribution in [0.3, 0.4) is 0 Å². The highest BCUT2D eigenvalue weighted by Gasteiger charge is 2.31. The molecule has 1 heterocycles. The first-order valence-corrected chi connectivity index (χ1v) is 7.41. The molecular formula is C15H27N3. The number of nitrogens with one attached hydrogen (secondary N) is 1. The van der Waals surface area contributed by atoms with Gasteiger partial charge < -0.3 is 5.32 Å². The summed E-state index contributed by atoms with van der Waals surface area (Å²) in [4.78, 5) is 0. The fourth-order valence-electron chi connectivity index (χ4n) is 3.15. The van der Waals surface area contributed by atoms with Gasteiger partial charge in [0.1, 0.15) is 0 Å². The summed E-state index contributed by atoms with van der Waals surface area (Å²) in [6, 6.07) is 2.22. The molecule has 0 aliphatic heterocycles. The second-order valence-corrected chi connectivity index (χ2v) is 5.77. The number of nitrogens with zero attached hydrogens (tertiary/aromatic N) is 2. The Balaban J connectivity index is 1.85. The number of rotatable bonds is 6. The average Bonchev–Trinajstić information content (AvgIpc) is 2.98. The maximum Gasteiger partial charge on any atom is 0.0625 e. The first-order chi connectivity index (χ1) is 8.69.